The van der Waals surface area contributed by atoms with Gasteiger partial charge in [-0.15, -0.1) is 0 Å². The van der Waals surface area contributed by atoms with Crippen molar-refractivity contribution >= 4 is 5.91 Å². The Hall–Kier alpha value is -1.42. The summed E-state index contributed by atoms with van der Waals surface area (Å²) in [6.07, 6.45) is 2.75. The van der Waals surface area contributed by atoms with Crippen molar-refractivity contribution in [2.45, 2.75) is 50.6 Å². The van der Waals surface area contributed by atoms with E-state index >= 15 is 0 Å². The Morgan fingerprint density at radius 1 is 1.33 bits per heavy atom. The second-order valence-corrected chi connectivity index (χ2v) is 6.64. The highest BCUT2D eigenvalue weighted by molar-refractivity contribution is 5.91. The normalized spacial score (nSPS) is 24.3. The smallest absolute Gasteiger partial charge is 0.230 e. The van der Waals surface area contributed by atoms with Crippen LogP contribution in [0.2, 0.25) is 0 Å². The molecule has 0 bridgehead atoms. The zero-order chi connectivity index (χ0) is 15.0. The molecule has 3 nitrogen and oxygen atoms in total. The molecule has 0 unspecified atom stereocenters. The number of halogens is 1. The molecule has 1 saturated carbocycles. The Bertz CT molecular complexity index is 522. The Kier molecular flexibility index (Phi) is 3.74. The molecule has 1 saturated heterocycles. The molecule has 4 heteroatoms. The first-order chi connectivity index (χ1) is 10.0. The summed E-state index contributed by atoms with van der Waals surface area (Å²) < 4.78 is 13.0. The average molecular weight is 290 g/mol. The first kappa shape index (κ1) is 14.5. The monoisotopic (exact) mass is 290 g/mol. The van der Waals surface area contributed by atoms with Crippen molar-refractivity contribution in [3.63, 3.8) is 0 Å². The molecule has 1 aliphatic heterocycles. The summed E-state index contributed by atoms with van der Waals surface area (Å²) in [5.41, 5.74) is 0.541. The molecule has 0 aromatic heterocycles. The largest absolute Gasteiger partial charge is 0.351 e. The van der Waals surface area contributed by atoms with E-state index < -0.39 is 5.41 Å². The first-order valence-corrected chi connectivity index (χ1v) is 7.82. The second kappa shape index (κ2) is 5.41. The highest BCUT2D eigenvalue weighted by atomic mass is 19.1. The minimum atomic E-state index is -0.404. The molecular weight excluding hydrogens is 267 g/mol. The van der Waals surface area contributed by atoms with E-state index in [2.05, 4.69) is 24.1 Å². The molecule has 21 heavy (non-hydrogen) atoms. The van der Waals surface area contributed by atoms with Crippen molar-refractivity contribution in [3.05, 3.63) is 35.6 Å². The van der Waals surface area contributed by atoms with Crippen LogP contribution in [0.3, 0.4) is 0 Å². The van der Waals surface area contributed by atoms with Crippen LogP contribution in [0.5, 0.6) is 0 Å². The number of rotatable bonds is 4. The fourth-order valence-electron chi connectivity index (χ4n) is 3.24. The van der Waals surface area contributed by atoms with Gasteiger partial charge in [0.15, 0.2) is 0 Å². The molecule has 1 aromatic rings. The number of nitrogens with zero attached hydrogens (tertiary/aromatic N) is 1. The molecule has 1 aromatic carbocycles. The van der Waals surface area contributed by atoms with Crippen LogP contribution in [-0.4, -0.2) is 36.0 Å². The van der Waals surface area contributed by atoms with Crippen LogP contribution in [0, 0.1) is 5.82 Å². The Morgan fingerprint density at radius 2 is 2.00 bits per heavy atom. The summed E-state index contributed by atoms with van der Waals surface area (Å²) in [4.78, 5) is 15.0. The van der Waals surface area contributed by atoms with Crippen LogP contribution in [0.1, 0.15) is 38.7 Å². The summed E-state index contributed by atoms with van der Waals surface area (Å²) >= 11 is 0. The van der Waals surface area contributed by atoms with Gasteiger partial charge in [0, 0.05) is 25.2 Å². The molecule has 2 fully saturated rings. The maximum atomic E-state index is 13.0. The Morgan fingerprint density at radius 3 is 2.52 bits per heavy atom. The van der Waals surface area contributed by atoms with Gasteiger partial charge in [0.1, 0.15) is 5.82 Å². The first-order valence-electron chi connectivity index (χ1n) is 7.82. The highest BCUT2D eigenvalue weighted by Crippen LogP contribution is 2.48. The number of nitrogens with one attached hydrogen (secondary N) is 1. The van der Waals surface area contributed by atoms with Gasteiger partial charge in [-0.3, -0.25) is 9.69 Å². The highest BCUT2D eigenvalue weighted by Gasteiger charge is 2.51. The lowest BCUT2D eigenvalue weighted by molar-refractivity contribution is -0.124. The van der Waals surface area contributed by atoms with Crippen molar-refractivity contribution in [1.29, 1.82) is 0 Å². The predicted molar refractivity (Wildman–Crippen MR) is 80.6 cm³/mol. The lowest BCUT2D eigenvalue weighted by Crippen LogP contribution is -2.43. The van der Waals surface area contributed by atoms with Gasteiger partial charge in [0.25, 0.3) is 0 Å². The standard InChI is InChI=1S/C17H23FN2O/c1-12(2)20-10-7-15(11-20)19-16(21)17(8-9-17)13-3-5-14(18)6-4-13/h3-6,12,15H,7-11H2,1-2H3,(H,19,21)/t15-/m1/s1. The number of hydrogen-bond acceptors (Lipinski definition) is 2. The van der Waals surface area contributed by atoms with Crippen molar-refractivity contribution in [1.82, 2.24) is 10.2 Å². The topological polar surface area (TPSA) is 32.3 Å². The van der Waals surface area contributed by atoms with Crippen LogP contribution in [0.4, 0.5) is 4.39 Å². The third-order valence-electron chi connectivity index (χ3n) is 4.87. The van der Waals surface area contributed by atoms with Gasteiger partial charge in [-0.25, -0.2) is 4.39 Å². The van der Waals surface area contributed by atoms with E-state index in [1.807, 2.05) is 0 Å². The minimum absolute atomic E-state index is 0.115. The third-order valence-corrected chi connectivity index (χ3v) is 4.87. The SMILES string of the molecule is CC(C)N1CC[C@@H](NC(=O)C2(c3ccc(F)cc3)CC2)C1. The number of benzene rings is 1. The Labute approximate surface area is 125 Å². The molecule has 2 aliphatic rings. The van der Waals surface area contributed by atoms with E-state index in [4.69, 9.17) is 0 Å². The van der Waals surface area contributed by atoms with Gasteiger partial charge >= 0.3 is 0 Å². The quantitative estimate of drug-likeness (QED) is 0.924. The average Bonchev–Trinajstić information content (AvgIpc) is 3.13. The number of carbonyl (C=O) groups excluding carboxylic acids is 1. The van der Waals surface area contributed by atoms with Crippen LogP contribution in [-0.2, 0) is 10.2 Å². The summed E-state index contributed by atoms with van der Waals surface area (Å²) in [5, 5.41) is 3.21. The number of hydrogen-bond donors (Lipinski definition) is 1. The molecule has 1 amide bonds. The lowest BCUT2D eigenvalue weighted by atomic mass is 9.94. The van der Waals surface area contributed by atoms with Gasteiger partial charge in [0.2, 0.25) is 5.91 Å². The number of carbonyl (C=O) groups is 1. The van der Waals surface area contributed by atoms with Crippen molar-refractivity contribution in [3.8, 4) is 0 Å². The molecule has 1 N–H and O–H groups in total. The van der Waals surface area contributed by atoms with Crippen LogP contribution >= 0.6 is 0 Å². The predicted octanol–water partition coefficient (Wildman–Crippen LogP) is 2.46. The molecule has 1 heterocycles. The summed E-state index contributed by atoms with van der Waals surface area (Å²) in [7, 11) is 0. The molecule has 114 valence electrons. The molecular formula is C17H23FN2O. The summed E-state index contributed by atoms with van der Waals surface area (Å²) in [5.74, 6) is -0.136. The van der Waals surface area contributed by atoms with Gasteiger partial charge in [0.05, 0.1) is 5.41 Å². The fourth-order valence-corrected chi connectivity index (χ4v) is 3.24. The van der Waals surface area contributed by atoms with Gasteiger partial charge < -0.3 is 5.32 Å². The molecule has 0 spiro atoms. The van der Waals surface area contributed by atoms with Crippen LogP contribution in [0.15, 0.2) is 24.3 Å². The zero-order valence-electron chi connectivity index (χ0n) is 12.7. The summed E-state index contributed by atoms with van der Waals surface area (Å²) in [6, 6.07) is 7.16. The van der Waals surface area contributed by atoms with E-state index in [9.17, 15) is 9.18 Å². The van der Waals surface area contributed by atoms with Crippen molar-refractivity contribution in [2.24, 2.45) is 0 Å². The van der Waals surface area contributed by atoms with Crippen LogP contribution < -0.4 is 5.32 Å². The molecule has 0 radical (unpaired) electrons. The van der Waals surface area contributed by atoms with E-state index in [0.717, 1.165) is 37.9 Å². The van der Waals surface area contributed by atoms with E-state index in [-0.39, 0.29) is 17.8 Å². The molecule has 3 rings (SSSR count). The molecule has 1 atom stereocenters. The molecule has 1 aliphatic carbocycles. The lowest BCUT2D eigenvalue weighted by Gasteiger charge is -2.22. The third kappa shape index (κ3) is 2.82. The maximum absolute atomic E-state index is 13.0. The van der Waals surface area contributed by atoms with Crippen molar-refractivity contribution in [2.75, 3.05) is 13.1 Å². The van der Waals surface area contributed by atoms with Gasteiger partial charge in [-0.05, 0) is 50.8 Å². The van der Waals surface area contributed by atoms with Crippen molar-refractivity contribution < 1.29 is 9.18 Å². The minimum Gasteiger partial charge on any atom is -0.351 e. The fraction of sp³-hybridized carbons (Fsp3) is 0.588. The zero-order valence-corrected chi connectivity index (χ0v) is 12.7. The van der Waals surface area contributed by atoms with Crippen LogP contribution in [0.25, 0.3) is 0 Å². The maximum Gasteiger partial charge on any atom is 0.230 e. The number of likely N-dealkylation sites (tertiary alicyclic amines) is 1. The number of amides is 1. The Balaban J connectivity index is 1.64. The van der Waals surface area contributed by atoms with E-state index in [0.29, 0.717) is 6.04 Å². The van der Waals surface area contributed by atoms with E-state index in [1.165, 1.54) is 12.1 Å². The van der Waals surface area contributed by atoms with E-state index in [1.54, 1.807) is 12.1 Å². The van der Waals surface area contributed by atoms with Gasteiger partial charge in [-0.1, -0.05) is 12.1 Å². The summed E-state index contributed by atoms with van der Waals surface area (Å²) in [6.45, 7) is 6.35. The van der Waals surface area contributed by atoms with Gasteiger partial charge in [-0.2, -0.15) is 0 Å². The second-order valence-electron chi connectivity index (χ2n) is 6.64.